The number of unbranched alkanes of at least 4 members (excludes halogenated alkanes) is 1. The zero-order valence-electron chi connectivity index (χ0n) is 12.9. The Labute approximate surface area is 109 Å². The number of hydrogen-bond acceptors (Lipinski definition) is 2. The molecule has 0 fully saturated rings. The Bertz CT molecular complexity index is 176. The van der Waals surface area contributed by atoms with Crippen molar-refractivity contribution in [3.8, 4) is 0 Å². The van der Waals surface area contributed by atoms with Gasteiger partial charge in [0.1, 0.15) is 0 Å². The van der Waals surface area contributed by atoms with Gasteiger partial charge in [0.05, 0.1) is 6.61 Å². The Kier molecular flexibility index (Phi) is 8.06. The van der Waals surface area contributed by atoms with Crippen molar-refractivity contribution in [2.24, 2.45) is 5.41 Å². The molecule has 1 atom stereocenters. The monoisotopic (exact) mass is 243 g/mol. The summed E-state index contributed by atoms with van der Waals surface area (Å²) in [5, 5.41) is 3.65. The molecule has 2 nitrogen and oxygen atoms in total. The van der Waals surface area contributed by atoms with Crippen molar-refractivity contribution in [1.82, 2.24) is 5.32 Å². The summed E-state index contributed by atoms with van der Waals surface area (Å²) in [6.45, 7) is 16.1. The van der Waals surface area contributed by atoms with Crippen LogP contribution in [0.25, 0.3) is 0 Å². The molecule has 0 aliphatic rings. The first-order valence-corrected chi connectivity index (χ1v) is 7.22. The van der Waals surface area contributed by atoms with Crippen molar-refractivity contribution in [1.29, 1.82) is 0 Å². The molecule has 0 aliphatic carbocycles. The van der Waals surface area contributed by atoms with Gasteiger partial charge in [-0.3, -0.25) is 0 Å². The van der Waals surface area contributed by atoms with Crippen LogP contribution in [0.4, 0.5) is 0 Å². The third kappa shape index (κ3) is 7.77. The number of hydrogen-bond donors (Lipinski definition) is 1. The van der Waals surface area contributed by atoms with Crippen LogP contribution in [-0.4, -0.2) is 25.3 Å². The Morgan fingerprint density at radius 2 is 1.71 bits per heavy atom. The predicted octanol–water partition coefficient (Wildman–Crippen LogP) is 4.00. The molecule has 0 bridgehead atoms. The third-order valence-corrected chi connectivity index (χ3v) is 3.42. The summed E-state index contributed by atoms with van der Waals surface area (Å²) in [4.78, 5) is 0. The molecule has 104 valence electrons. The van der Waals surface area contributed by atoms with Crippen LogP contribution in [0.3, 0.4) is 0 Å². The molecule has 0 aromatic heterocycles. The second-order valence-electron chi connectivity index (χ2n) is 6.20. The molecule has 0 rings (SSSR count). The van der Waals surface area contributed by atoms with Crippen molar-refractivity contribution in [2.75, 3.05) is 19.8 Å². The first kappa shape index (κ1) is 16.9. The van der Waals surface area contributed by atoms with E-state index in [1.165, 1.54) is 25.7 Å². The molecule has 0 aromatic rings. The van der Waals surface area contributed by atoms with Crippen LogP contribution in [0.1, 0.15) is 67.2 Å². The first-order valence-electron chi connectivity index (χ1n) is 7.22. The molecule has 1 N–H and O–H groups in total. The highest BCUT2D eigenvalue weighted by Crippen LogP contribution is 2.29. The molecule has 17 heavy (non-hydrogen) atoms. The van der Waals surface area contributed by atoms with Gasteiger partial charge in [-0.1, -0.05) is 26.7 Å². The van der Waals surface area contributed by atoms with Crippen molar-refractivity contribution in [3.63, 3.8) is 0 Å². The van der Waals surface area contributed by atoms with E-state index in [1.54, 1.807) is 0 Å². The van der Waals surface area contributed by atoms with Gasteiger partial charge in [-0.25, -0.2) is 0 Å². The Balaban J connectivity index is 4.43. The lowest BCUT2D eigenvalue weighted by Crippen LogP contribution is -2.45. The second-order valence-corrected chi connectivity index (χ2v) is 6.20. The van der Waals surface area contributed by atoms with Gasteiger partial charge >= 0.3 is 0 Å². The lowest BCUT2D eigenvalue weighted by atomic mass is 9.80. The average Bonchev–Trinajstić information content (AvgIpc) is 2.28. The maximum atomic E-state index is 5.71. The van der Waals surface area contributed by atoms with Gasteiger partial charge in [0.2, 0.25) is 0 Å². The highest BCUT2D eigenvalue weighted by Gasteiger charge is 2.29. The maximum absolute atomic E-state index is 5.71. The van der Waals surface area contributed by atoms with Crippen LogP contribution < -0.4 is 5.32 Å². The van der Waals surface area contributed by atoms with E-state index in [1.807, 2.05) is 0 Å². The van der Waals surface area contributed by atoms with Gasteiger partial charge in [-0.05, 0) is 40.5 Å². The summed E-state index contributed by atoms with van der Waals surface area (Å²) in [5.74, 6) is 0. The molecule has 0 spiro atoms. The van der Waals surface area contributed by atoms with E-state index in [-0.39, 0.29) is 5.54 Å². The molecule has 0 heterocycles. The lowest BCUT2D eigenvalue weighted by Gasteiger charge is -2.36. The fraction of sp³-hybridized carbons (Fsp3) is 1.00. The van der Waals surface area contributed by atoms with Gasteiger partial charge in [0.15, 0.2) is 0 Å². The summed E-state index contributed by atoms with van der Waals surface area (Å²) in [7, 11) is 0. The minimum Gasteiger partial charge on any atom is -0.381 e. The molecule has 0 saturated carbocycles. The fourth-order valence-electron chi connectivity index (χ4n) is 1.94. The van der Waals surface area contributed by atoms with E-state index in [2.05, 4.69) is 46.9 Å². The van der Waals surface area contributed by atoms with Gasteiger partial charge in [0.25, 0.3) is 0 Å². The maximum Gasteiger partial charge on any atom is 0.0534 e. The summed E-state index contributed by atoms with van der Waals surface area (Å²) < 4.78 is 5.71. The topological polar surface area (TPSA) is 21.3 Å². The molecule has 0 saturated heterocycles. The van der Waals surface area contributed by atoms with Crippen molar-refractivity contribution in [2.45, 2.75) is 72.8 Å². The SMILES string of the molecule is CCCCC(CC)(CNC(C)(C)C)COCC. The Morgan fingerprint density at radius 1 is 1.06 bits per heavy atom. The lowest BCUT2D eigenvalue weighted by molar-refractivity contribution is 0.0364. The number of rotatable bonds is 9. The van der Waals surface area contributed by atoms with E-state index in [0.29, 0.717) is 5.41 Å². The first-order chi connectivity index (χ1) is 7.89. The minimum atomic E-state index is 0.193. The highest BCUT2D eigenvalue weighted by molar-refractivity contribution is 4.84. The van der Waals surface area contributed by atoms with Crippen molar-refractivity contribution in [3.05, 3.63) is 0 Å². The fourth-order valence-corrected chi connectivity index (χ4v) is 1.94. The molecular weight excluding hydrogens is 210 g/mol. The van der Waals surface area contributed by atoms with Crippen LogP contribution in [0, 0.1) is 5.41 Å². The molecule has 0 amide bonds. The van der Waals surface area contributed by atoms with Gasteiger partial charge < -0.3 is 10.1 Å². The van der Waals surface area contributed by atoms with Crippen LogP contribution in [0.2, 0.25) is 0 Å². The molecule has 0 radical (unpaired) electrons. The normalized spacial score (nSPS) is 15.9. The zero-order chi connectivity index (χ0) is 13.4. The molecule has 1 unspecified atom stereocenters. The van der Waals surface area contributed by atoms with Gasteiger partial charge in [-0.2, -0.15) is 0 Å². The van der Waals surface area contributed by atoms with E-state index < -0.39 is 0 Å². The average molecular weight is 243 g/mol. The van der Waals surface area contributed by atoms with Gasteiger partial charge in [-0.15, -0.1) is 0 Å². The Morgan fingerprint density at radius 3 is 2.12 bits per heavy atom. The second kappa shape index (κ2) is 8.10. The number of nitrogens with one attached hydrogen (secondary N) is 1. The molecular formula is C15H33NO. The van der Waals surface area contributed by atoms with E-state index in [4.69, 9.17) is 4.74 Å². The molecule has 0 aliphatic heterocycles. The Hall–Kier alpha value is -0.0800. The standard InChI is InChI=1S/C15H33NO/c1-7-10-11-15(8-2,13-17-9-3)12-16-14(4,5)6/h16H,7-13H2,1-6H3. The van der Waals surface area contributed by atoms with E-state index in [9.17, 15) is 0 Å². The smallest absolute Gasteiger partial charge is 0.0534 e. The van der Waals surface area contributed by atoms with E-state index >= 15 is 0 Å². The van der Waals surface area contributed by atoms with Gasteiger partial charge in [0, 0.05) is 24.1 Å². The van der Waals surface area contributed by atoms with Crippen LogP contribution in [0.5, 0.6) is 0 Å². The summed E-state index contributed by atoms with van der Waals surface area (Å²) in [5.41, 5.74) is 0.512. The summed E-state index contributed by atoms with van der Waals surface area (Å²) >= 11 is 0. The minimum absolute atomic E-state index is 0.193. The molecule has 2 heteroatoms. The van der Waals surface area contributed by atoms with Crippen LogP contribution >= 0.6 is 0 Å². The van der Waals surface area contributed by atoms with Crippen molar-refractivity contribution >= 4 is 0 Å². The third-order valence-electron chi connectivity index (χ3n) is 3.42. The summed E-state index contributed by atoms with van der Waals surface area (Å²) in [6.07, 6.45) is 5.02. The van der Waals surface area contributed by atoms with Crippen molar-refractivity contribution < 1.29 is 4.74 Å². The number of ether oxygens (including phenoxy) is 1. The zero-order valence-corrected chi connectivity index (χ0v) is 12.9. The van der Waals surface area contributed by atoms with E-state index in [0.717, 1.165) is 19.8 Å². The van der Waals surface area contributed by atoms with Crippen LogP contribution in [0.15, 0.2) is 0 Å². The molecule has 0 aromatic carbocycles. The predicted molar refractivity (Wildman–Crippen MR) is 76.5 cm³/mol. The highest BCUT2D eigenvalue weighted by atomic mass is 16.5. The summed E-state index contributed by atoms with van der Waals surface area (Å²) in [6, 6.07) is 0. The largest absolute Gasteiger partial charge is 0.381 e. The quantitative estimate of drug-likeness (QED) is 0.661. The van der Waals surface area contributed by atoms with Crippen LogP contribution in [-0.2, 0) is 4.74 Å².